The molecule has 3 nitrogen and oxygen atoms in total. The lowest BCUT2D eigenvalue weighted by molar-refractivity contribution is 0.306. The van der Waals surface area contributed by atoms with E-state index in [9.17, 15) is 4.79 Å². The van der Waals surface area contributed by atoms with E-state index in [-0.39, 0.29) is 5.43 Å². The van der Waals surface area contributed by atoms with Crippen molar-refractivity contribution in [2.24, 2.45) is 0 Å². The van der Waals surface area contributed by atoms with Crippen LogP contribution in [-0.4, -0.2) is 0 Å². The minimum Gasteiger partial charge on any atom is -0.489 e. The van der Waals surface area contributed by atoms with Crippen LogP contribution in [0.4, 0.5) is 0 Å². The van der Waals surface area contributed by atoms with Gasteiger partial charge in [0.2, 0.25) is 5.43 Å². The molecule has 0 amide bonds. The molecule has 1 heterocycles. The molecule has 0 unspecified atom stereocenters. The van der Waals surface area contributed by atoms with Crippen LogP contribution >= 0.6 is 11.6 Å². The van der Waals surface area contributed by atoms with Gasteiger partial charge in [0, 0.05) is 17.2 Å². The van der Waals surface area contributed by atoms with Gasteiger partial charge in [-0.1, -0.05) is 41.9 Å². The normalized spacial score (nSPS) is 11.0. The molecule has 0 aliphatic heterocycles. The van der Waals surface area contributed by atoms with E-state index in [1.165, 1.54) is 0 Å². The van der Waals surface area contributed by atoms with Crippen molar-refractivity contribution in [3.63, 3.8) is 0 Å². The Kier molecular flexibility index (Phi) is 3.71. The van der Waals surface area contributed by atoms with Crippen LogP contribution in [0.15, 0.2) is 75.9 Å². The van der Waals surface area contributed by atoms with E-state index in [2.05, 4.69) is 0 Å². The average molecular weight is 337 g/mol. The number of hydrogen-bond acceptors (Lipinski definition) is 3. The SMILES string of the molecule is O=c1c2ccc(Cl)cc2oc2cc(OCc3ccccc3)ccc12. The van der Waals surface area contributed by atoms with Crippen LogP contribution in [0, 0.1) is 0 Å². The summed E-state index contributed by atoms with van der Waals surface area (Å²) in [5, 5.41) is 1.57. The van der Waals surface area contributed by atoms with Crippen molar-refractivity contribution in [3.05, 3.63) is 87.5 Å². The fraction of sp³-hybridized carbons (Fsp3) is 0.0500. The summed E-state index contributed by atoms with van der Waals surface area (Å²) in [7, 11) is 0. The van der Waals surface area contributed by atoms with E-state index in [0.717, 1.165) is 5.56 Å². The number of rotatable bonds is 3. The lowest BCUT2D eigenvalue weighted by Gasteiger charge is -2.07. The molecule has 4 heteroatoms. The number of hydrogen-bond donors (Lipinski definition) is 0. The maximum atomic E-state index is 12.5. The summed E-state index contributed by atoms with van der Waals surface area (Å²) in [6, 6.07) is 20.2. The van der Waals surface area contributed by atoms with Gasteiger partial charge in [0.25, 0.3) is 0 Å². The summed E-state index contributed by atoms with van der Waals surface area (Å²) in [5.41, 5.74) is 1.96. The third kappa shape index (κ3) is 2.74. The van der Waals surface area contributed by atoms with Crippen LogP contribution in [-0.2, 0) is 6.61 Å². The highest BCUT2D eigenvalue weighted by Crippen LogP contribution is 2.25. The highest BCUT2D eigenvalue weighted by atomic mass is 35.5. The third-order valence-corrected chi connectivity index (χ3v) is 4.09. The summed E-state index contributed by atoms with van der Waals surface area (Å²) in [6.07, 6.45) is 0. The minimum atomic E-state index is -0.0717. The number of benzene rings is 3. The monoisotopic (exact) mass is 336 g/mol. The highest BCUT2D eigenvalue weighted by molar-refractivity contribution is 6.31. The van der Waals surface area contributed by atoms with Crippen LogP contribution in [0.3, 0.4) is 0 Å². The Morgan fingerprint density at radius 1 is 0.875 bits per heavy atom. The summed E-state index contributed by atoms with van der Waals surface area (Å²) in [4.78, 5) is 12.5. The topological polar surface area (TPSA) is 39.4 Å². The Morgan fingerprint density at radius 3 is 2.38 bits per heavy atom. The molecule has 3 aromatic carbocycles. The Bertz CT molecular complexity index is 1080. The van der Waals surface area contributed by atoms with Crippen LogP contribution in [0.25, 0.3) is 21.9 Å². The lowest BCUT2D eigenvalue weighted by Crippen LogP contribution is -2.02. The molecule has 0 spiro atoms. The van der Waals surface area contributed by atoms with Crippen molar-refractivity contribution in [1.82, 2.24) is 0 Å². The van der Waals surface area contributed by atoms with E-state index >= 15 is 0 Å². The first kappa shape index (κ1) is 14.8. The van der Waals surface area contributed by atoms with E-state index < -0.39 is 0 Å². The van der Waals surface area contributed by atoms with E-state index in [1.54, 1.807) is 36.4 Å². The van der Waals surface area contributed by atoms with Crippen molar-refractivity contribution >= 4 is 33.5 Å². The Labute approximate surface area is 143 Å². The van der Waals surface area contributed by atoms with Crippen molar-refractivity contribution in [1.29, 1.82) is 0 Å². The number of ether oxygens (including phenoxy) is 1. The fourth-order valence-electron chi connectivity index (χ4n) is 2.64. The average Bonchev–Trinajstić information content (AvgIpc) is 2.60. The maximum absolute atomic E-state index is 12.5. The molecule has 118 valence electrons. The van der Waals surface area contributed by atoms with E-state index in [0.29, 0.717) is 39.3 Å². The molecule has 0 atom stereocenters. The van der Waals surface area contributed by atoms with Crippen molar-refractivity contribution in [2.75, 3.05) is 0 Å². The summed E-state index contributed by atoms with van der Waals surface area (Å²) in [6.45, 7) is 0.454. The smallest absolute Gasteiger partial charge is 0.200 e. The Balaban J connectivity index is 1.74. The zero-order valence-corrected chi connectivity index (χ0v) is 13.4. The van der Waals surface area contributed by atoms with Gasteiger partial charge in [0.05, 0.1) is 10.8 Å². The van der Waals surface area contributed by atoms with Gasteiger partial charge < -0.3 is 9.15 Å². The second-order valence-electron chi connectivity index (χ2n) is 5.50. The minimum absolute atomic E-state index is 0.0717. The number of fused-ring (bicyclic) bond motifs is 2. The van der Waals surface area contributed by atoms with Crippen molar-refractivity contribution in [3.8, 4) is 5.75 Å². The summed E-state index contributed by atoms with van der Waals surface area (Å²) >= 11 is 5.98. The Morgan fingerprint density at radius 2 is 1.58 bits per heavy atom. The maximum Gasteiger partial charge on any atom is 0.200 e. The van der Waals surface area contributed by atoms with Gasteiger partial charge in [0.15, 0.2) is 0 Å². The predicted molar refractivity (Wildman–Crippen MR) is 95.8 cm³/mol. The Hall–Kier alpha value is -2.78. The fourth-order valence-corrected chi connectivity index (χ4v) is 2.80. The van der Waals surface area contributed by atoms with Crippen molar-refractivity contribution in [2.45, 2.75) is 6.61 Å². The molecule has 1 aromatic heterocycles. The molecule has 0 radical (unpaired) electrons. The first-order valence-corrected chi connectivity index (χ1v) is 7.91. The molecule has 0 fully saturated rings. The molecular weight excluding hydrogens is 324 g/mol. The first-order valence-electron chi connectivity index (χ1n) is 7.53. The summed E-state index contributed by atoms with van der Waals surface area (Å²) < 4.78 is 11.6. The van der Waals surface area contributed by atoms with Crippen molar-refractivity contribution < 1.29 is 9.15 Å². The number of halogens is 1. The second-order valence-corrected chi connectivity index (χ2v) is 5.94. The molecule has 4 aromatic rings. The van der Waals surface area contributed by atoms with Gasteiger partial charge in [-0.25, -0.2) is 0 Å². The third-order valence-electron chi connectivity index (χ3n) is 3.85. The van der Waals surface area contributed by atoms with Gasteiger partial charge in [0.1, 0.15) is 23.5 Å². The molecule has 0 saturated heterocycles. The molecule has 0 saturated carbocycles. The zero-order chi connectivity index (χ0) is 16.5. The largest absolute Gasteiger partial charge is 0.489 e. The predicted octanol–water partition coefficient (Wildman–Crippen LogP) is 5.18. The highest BCUT2D eigenvalue weighted by Gasteiger charge is 2.09. The van der Waals surface area contributed by atoms with Crippen LogP contribution in [0.1, 0.15) is 5.56 Å². The second kappa shape index (κ2) is 6.02. The molecule has 24 heavy (non-hydrogen) atoms. The van der Waals surface area contributed by atoms with Crippen LogP contribution < -0.4 is 10.2 Å². The zero-order valence-electron chi connectivity index (χ0n) is 12.7. The molecule has 0 aliphatic rings. The van der Waals surface area contributed by atoms with Gasteiger partial charge in [-0.05, 0) is 29.8 Å². The van der Waals surface area contributed by atoms with Crippen LogP contribution in [0.5, 0.6) is 5.75 Å². The van der Waals surface area contributed by atoms with Crippen LogP contribution in [0.2, 0.25) is 5.02 Å². The van der Waals surface area contributed by atoms with Gasteiger partial charge in [-0.3, -0.25) is 4.79 Å². The summed E-state index contributed by atoms with van der Waals surface area (Å²) in [5.74, 6) is 0.649. The molecular formula is C20H13ClO3. The standard InChI is InChI=1S/C20H13ClO3/c21-14-6-8-16-18(10-14)24-19-11-15(7-9-17(19)20(16)22)23-12-13-4-2-1-3-5-13/h1-11H,12H2. The van der Waals surface area contributed by atoms with E-state index in [4.69, 9.17) is 20.8 Å². The van der Waals surface area contributed by atoms with E-state index in [1.807, 2.05) is 30.3 Å². The molecule has 0 N–H and O–H groups in total. The first-order chi connectivity index (χ1) is 11.7. The lowest BCUT2D eigenvalue weighted by atomic mass is 10.1. The van der Waals surface area contributed by atoms with Gasteiger partial charge >= 0.3 is 0 Å². The van der Waals surface area contributed by atoms with Gasteiger partial charge in [-0.15, -0.1) is 0 Å². The molecule has 0 aliphatic carbocycles. The quantitative estimate of drug-likeness (QED) is 0.484. The molecule has 0 bridgehead atoms. The molecule has 4 rings (SSSR count). The van der Waals surface area contributed by atoms with Gasteiger partial charge in [-0.2, -0.15) is 0 Å².